The second kappa shape index (κ2) is 5.18. The van der Waals surface area contributed by atoms with Crippen molar-refractivity contribution in [1.82, 2.24) is 0 Å². The minimum Gasteiger partial charge on any atom is -0.258 e. The quantitative estimate of drug-likeness (QED) is 0.471. The van der Waals surface area contributed by atoms with Crippen LogP contribution in [0.5, 0.6) is 0 Å². The van der Waals surface area contributed by atoms with Crippen LogP contribution in [0, 0.1) is 10.1 Å². The van der Waals surface area contributed by atoms with E-state index in [0.29, 0.717) is 0 Å². The van der Waals surface area contributed by atoms with Gasteiger partial charge in [0.1, 0.15) is 0 Å². The molecule has 1 aromatic rings. The highest BCUT2D eigenvalue weighted by atomic mass is 35.7. The molecule has 0 amide bonds. The van der Waals surface area contributed by atoms with Crippen molar-refractivity contribution < 1.29 is 30.7 Å². The van der Waals surface area contributed by atoms with Crippen molar-refractivity contribution in [3.05, 3.63) is 34.4 Å². The van der Waals surface area contributed by atoms with E-state index in [1.54, 1.807) is 0 Å². The third-order valence-electron chi connectivity index (χ3n) is 1.82. The third-order valence-corrected chi connectivity index (χ3v) is 5.86. The molecule has 0 aliphatic rings. The van der Waals surface area contributed by atoms with Gasteiger partial charge in [0, 0.05) is 22.8 Å². The van der Waals surface area contributed by atoms with Gasteiger partial charge in [0.05, 0.1) is 9.82 Å². The molecule has 0 radical (unpaired) electrons. The Balaban J connectivity index is 3.38. The number of benzene rings is 1. The molecule has 0 saturated heterocycles. The number of non-ortho nitro benzene ring substituents is 1. The fraction of sp³-hybridized carbons (Fsp3) is 0.143. The largest absolute Gasteiger partial charge is 0.519 e. The van der Waals surface area contributed by atoms with Gasteiger partial charge in [-0.25, -0.2) is 4.21 Å². The first kappa shape index (κ1) is 16.7. The average Bonchev–Trinajstić information content (AvgIpc) is 2.26. The molecule has 0 aliphatic heterocycles. The lowest BCUT2D eigenvalue weighted by molar-refractivity contribution is -0.384. The Labute approximate surface area is 115 Å². The Morgan fingerprint density at radius 3 is 1.95 bits per heavy atom. The zero-order valence-electron chi connectivity index (χ0n) is 9.07. The number of hydrogen-bond donors (Lipinski definition) is 0. The van der Waals surface area contributed by atoms with Crippen LogP contribution in [0.3, 0.4) is 0 Å². The van der Waals surface area contributed by atoms with Crippen molar-refractivity contribution in [1.29, 1.82) is 0 Å². The maximum Gasteiger partial charge on any atom is 0.519 e. The van der Waals surface area contributed by atoms with E-state index in [4.69, 9.17) is 10.7 Å². The van der Waals surface area contributed by atoms with Crippen LogP contribution in [0.2, 0.25) is 0 Å². The van der Waals surface area contributed by atoms with E-state index in [0.717, 1.165) is 24.3 Å². The second-order valence-electron chi connectivity index (χ2n) is 3.20. The molecule has 13 heteroatoms. The molecule has 1 unspecified atom stereocenters. The first-order valence-corrected chi connectivity index (χ1v) is 8.19. The van der Waals surface area contributed by atoms with Gasteiger partial charge in [0.2, 0.25) is 0 Å². The molecule has 0 saturated carbocycles. The van der Waals surface area contributed by atoms with Gasteiger partial charge in [0.25, 0.3) is 5.69 Å². The highest BCUT2D eigenvalue weighted by Gasteiger charge is 2.47. The van der Waals surface area contributed by atoms with Gasteiger partial charge < -0.3 is 0 Å². The van der Waals surface area contributed by atoms with E-state index in [1.807, 2.05) is 0 Å². The molecule has 0 heterocycles. The van der Waals surface area contributed by atoms with E-state index in [-0.39, 0.29) is 0 Å². The van der Waals surface area contributed by atoms with Gasteiger partial charge in [-0.3, -0.25) is 10.1 Å². The Morgan fingerprint density at radius 2 is 1.60 bits per heavy atom. The number of halogens is 4. The smallest absolute Gasteiger partial charge is 0.258 e. The molecular weight excluding hydrogens is 349 g/mol. The molecule has 0 N–H and O–H groups in total. The molecule has 1 atom stereocenters. The lowest BCUT2D eigenvalue weighted by atomic mass is 10.3. The summed E-state index contributed by atoms with van der Waals surface area (Å²) in [5, 5.41) is 10.4. The number of nitrogens with zero attached hydrogens (tertiary/aromatic N) is 2. The predicted octanol–water partition coefficient (Wildman–Crippen LogP) is 2.43. The fourth-order valence-corrected chi connectivity index (χ4v) is 4.09. The summed E-state index contributed by atoms with van der Waals surface area (Å²) >= 11 is 0. The predicted molar refractivity (Wildman–Crippen MR) is 62.8 cm³/mol. The fourth-order valence-electron chi connectivity index (χ4n) is 0.947. The first-order valence-electron chi connectivity index (χ1n) is 4.40. The molecule has 0 bridgehead atoms. The van der Waals surface area contributed by atoms with Crippen LogP contribution in [0.25, 0.3) is 0 Å². The third kappa shape index (κ3) is 3.58. The summed E-state index contributed by atoms with van der Waals surface area (Å²) < 4.78 is 71.6. The standard InChI is InChI=1S/C7H4ClF3N2O5S2/c8-19(16,12-20(17,18)7(9,10)11)6-3-1-5(2-4-6)13(14)15/h1-4H. The summed E-state index contributed by atoms with van der Waals surface area (Å²) in [7, 11) is -5.28. The van der Waals surface area contributed by atoms with E-state index >= 15 is 0 Å². The zero-order valence-corrected chi connectivity index (χ0v) is 11.5. The van der Waals surface area contributed by atoms with E-state index in [9.17, 15) is 35.9 Å². The maximum atomic E-state index is 12.1. The minimum atomic E-state index is -6.05. The normalized spacial score (nSPS) is 15.4. The van der Waals surface area contributed by atoms with Gasteiger partial charge >= 0.3 is 15.5 Å². The van der Waals surface area contributed by atoms with Crippen LogP contribution in [-0.4, -0.2) is 23.1 Å². The van der Waals surface area contributed by atoms with Crippen molar-refractivity contribution in [2.45, 2.75) is 10.4 Å². The molecule has 20 heavy (non-hydrogen) atoms. The number of nitro benzene ring substituents is 1. The van der Waals surface area contributed by atoms with Crippen molar-refractivity contribution in [2.24, 2.45) is 3.77 Å². The minimum absolute atomic E-state index is 0.445. The highest BCUT2D eigenvalue weighted by Crippen LogP contribution is 2.29. The lowest BCUT2D eigenvalue weighted by Gasteiger charge is -2.05. The van der Waals surface area contributed by atoms with Crippen LogP contribution in [0.4, 0.5) is 18.9 Å². The van der Waals surface area contributed by atoms with Crippen LogP contribution < -0.4 is 0 Å². The van der Waals surface area contributed by atoms with E-state index in [2.05, 4.69) is 3.77 Å². The Kier molecular flexibility index (Phi) is 4.31. The van der Waals surface area contributed by atoms with Gasteiger partial charge in [-0.1, -0.05) is 3.77 Å². The number of sulfonamides is 1. The van der Waals surface area contributed by atoms with Crippen molar-refractivity contribution in [2.75, 3.05) is 0 Å². The molecular formula is C7H4ClF3N2O5S2. The van der Waals surface area contributed by atoms with Crippen molar-refractivity contribution in [3.8, 4) is 0 Å². The SMILES string of the molecule is O=[N+]([O-])c1ccc(S(=O)(Cl)=NS(=O)(=O)C(F)(F)F)cc1. The Bertz CT molecular complexity index is 750. The van der Waals surface area contributed by atoms with Gasteiger partial charge in [-0.05, 0) is 12.1 Å². The zero-order chi connectivity index (χ0) is 15.8. The number of nitro groups is 1. The Morgan fingerprint density at radius 1 is 1.15 bits per heavy atom. The highest BCUT2D eigenvalue weighted by molar-refractivity contribution is 8.19. The van der Waals surface area contributed by atoms with Crippen LogP contribution in [-0.2, 0) is 19.0 Å². The summed E-state index contributed by atoms with van der Waals surface area (Å²) in [6, 6.07) is 3.10. The number of rotatable bonds is 3. The molecule has 1 aromatic carbocycles. The first-order chi connectivity index (χ1) is 8.87. The van der Waals surface area contributed by atoms with Crippen LogP contribution in [0.15, 0.2) is 32.9 Å². The summed E-state index contributed by atoms with van der Waals surface area (Å²) in [6.07, 6.45) is 0. The summed E-state index contributed by atoms with van der Waals surface area (Å²) in [5.41, 5.74) is -6.19. The monoisotopic (exact) mass is 352 g/mol. The molecule has 0 spiro atoms. The topological polar surface area (TPSA) is 107 Å². The summed E-state index contributed by atoms with van der Waals surface area (Å²) in [6.45, 7) is 0. The Hall–Kier alpha value is -1.40. The molecule has 1 rings (SSSR count). The molecule has 0 aromatic heterocycles. The average molecular weight is 353 g/mol. The second-order valence-corrected chi connectivity index (χ2v) is 7.86. The molecule has 0 fully saturated rings. The maximum absolute atomic E-state index is 12.1. The molecule has 0 aliphatic carbocycles. The van der Waals surface area contributed by atoms with Crippen molar-refractivity contribution in [3.63, 3.8) is 0 Å². The lowest BCUT2D eigenvalue weighted by Crippen LogP contribution is -2.21. The van der Waals surface area contributed by atoms with Crippen LogP contribution >= 0.6 is 10.7 Å². The van der Waals surface area contributed by atoms with Gasteiger partial charge in [-0.2, -0.15) is 21.6 Å². The van der Waals surface area contributed by atoms with E-state index < -0.39 is 40.0 Å². The van der Waals surface area contributed by atoms with Crippen molar-refractivity contribution >= 4 is 35.3 Å². The molecule has 7 nitrogen and oxygen atoms in total. The van der Waals surface area contributed by atoms with Gasteiger partial charge in [0.15, 0.2) is 8.94 Å². The number of hydrogen-bond acceptors (Lipinski definition) is 5. The van der Waals surface area contributed by atoms with Crippen LogP contribution in [0.1, 0.15) is 0 Å². The molecule has 112 valence electrons. The summed E-state index contributed by atoms with van der Waals surface area (Å²) in [4.78, 5) is 8.94. The summed E-state index contributed by atoms with van der Waals surface area (Å²) in [5.74, 6) is 0. The van der Waals surface area contributed by atoms with Gasteiger partial charge in [-0.15, -0.1) is 0 Å². The number of alkyl halides is 3. The van der Waals surface area contributed by atoms with E-state index in [1.165, 1.54) is 0 Å².